The molecule has 1 fully saturated rings. The number of benzene rings is 1. The molecule has 3 heterocycles. The van der Waals surface area contributed by atoms with Crippen molar-refractivity contribution in [2.24, 2.45) is 0 Å². The van der Waals surface area contributed by atoms with Crippen LogP contribution < -0.4 is 9.46 Å². The monoisotopic (exact) mass is 488 g/mol. The number of ether oxygens (including phenoxy) is 1. The predicted octanol–water partition coefficient (Wildman–Crippen LogP) is 3.42. The van der Waals surface area contributed by atoms with Crippen LogP contribution in [0.5, 0.6) is 5.75 Å². The fourth-order valence-electron chi connectivity index (χ4n) is 3.83. The summed E-state index contributed by atoms with van der Waals surface area (Å²) in [4.78, 5) is 19.2. The molecule has 0 radical (unpaired) electrons. The molecule has 8 nitrogen and oxygen atoms in total. The van der Waals surface area contributed by atoms with Crippen LogP contribution in [-0.4, -0.2) is 48.5 Å². The molecule has 0 bridgehead atoms. The third-order valence-corrected chi connectivity index (χ3v) is 7.86. The van der Waals surface area contributed by atoms with Crippen LogP contribution in [0.25, 0.3) is 10.7 Å². The third kappa shape index (κ3) is 5.45. The molecule has 176 valence electrons. The molecular weight excluding hydrogens is 460 g/mol. The lowest BCUT2D eigenvalue weighted by molar-refractivity contribution is -0.130. The highest BCUT2D eigenvalue weighted by Gasteiger charge is 2.24. The lowest BCUT2D eigenvalue weighted by Crippen LogP contribution is -2.31. The Morgan fingerprint density at radius 2 is 2.00 bits per heavy atom. The summed E-state index contributed by atoms with van der Waals surface area (Å²) < 4.78 is 36.2. The van der Waals surface area contributed by atoms with Gasteiger partial charge in [0.15, 0.2) is 0 Å². The van der Waals surface area contributed by atoms with Crippen LogP contribution in [0.15, 0.2) is 46.8 Å². The summed E-state index contributed by atoms with van der Waals surface area (Å²) in [5.74, 6) is 0.635. The van der Waals surface area contributed by atoms with E-state index in [1.807, 2.05) is 48.4 Å². The predicted molar refractivity (Wildman–Crippen MR) is 128 cm³/mol. The van der Waals surface area contributed by atoms with Crippen LogP contribution in [0.2, 0.25) is 0 Å². The van der Waals surface area contributed by atoms with E-state index in [1.165, 1.54) is 17.5 Å². The fraction of sp³-hybridized carbons (Fsp3) is 0.391. The minimum absolute atomic E-state index is 0.0137. The van der Waals surface area contributed by atoms with Crippen molar-refractivity contribution < 1.29 is 17.9 Å². The van der Waals surface area contributed by atoms with E-state index in [0.717, 1.165) is 37.2 Å². The average molecular weight is 489 g/mol. The van der Waals surface area contributed by atoms with Gasteiger partial charge in [-0.15, -0.1) is 11.3 Å². The van der Waals surface area contributed by atoms with Gasteiger partial charge in [-0.2, -0.15) is 0 Å². The van der Waals surface area contributed by atoms with Gasteiger partial charge in [0, 0.05) is 42.5 Å². The topological polar surface area (TPSA) is 93.5 Å². The molecule has 1 aromatic carbocycles. The maximum atomic E-state index is 13.1. The number of aryl methyl sites for hydroxylation is 1. The first-order chi connectivity index (χ1) is 15.9. The van der Waals surface area contributed by atoms with Gasteiger partial charge in [-0.1, -0.05) is 18.2 Å². The summed E-state index contributed by atoms with van der Waals surface area (Å²) >= 11 is 1.43. The van der Waals surface area contributed by atoms with Gasteiger partial charge in [-0.05, 0) is 38.8 Å². The zero-order valence-electron chi connectivity index (χ0n) is 18.8. The van der Waals surface area contributed by atoms with Crippen molar-refractivity contribution in [1.29, 1.82) is 0 Å². The van der Waals surface area contributed by atoms with E-state index < -0.39 is 10.0 Å². The summed E-state index contributed by atoms with van der Waals surface area (Å²) in [6.07, 6.45) is 3.53. The minimum atomic E-state index is -3.82. The molecule has 0 atom stereocenters. The molecule has 33 heavy (non-hydrogen) atoms. The molecule has 2 aromatic heterocycles. The molecule has 0 unspecified atom stereocenters. The number of sulfonamides is 1. The first-order valence-electron chi connectivity index (χ1n) is 11.0. The van der Waals surface area contributed by atoms with Crippen molar-refractivity contribution in [3.63, 3.8) is 0 Å². The largest absolute Gasteiger partial charge is 0.494 e. The van der Waals surface area contributed by atoms with Crippen LogP contribution in [-0.2, 0) is 27.9 Å². The number of rotatable bonds is 9. The number of nitrogens with zero attached hydrogens (tertiary/aromatic N) is 3. The van der Waals surface area contributed by atoms with E-state index >= 15 is 0 Å². The number of amides is 1. The number of likely N-dealkylation sites (tertiary alicyclic amines) is 1. The van der Waals surface area contributed by atoms with Gasteiger partial charge in [0.05, 0.1) is 12.3 Å². The maximum Gasteiger partial charge on any atom is 0.242 e. The molecule has 1 N–H and O–H groups in total. The zero-order valence-corrected chi connectivity index (χ0v) is 20.4. The van der Waals surface area contributed by atoms with Crippen molar-refractivity contribution in [3.05, 3.63) is 53.2 Å². The Kier molecular flexibility index (Phi) is 7.16. The summed E-state index contributed by atoms with van der Waals surface area (Å²) in [6.45, 7) is 5.94. The third-order valence-electron chi connectivity index (χ3n) is 5.51. The molecule has 1 aliphatic rings. The Morgan fingerprint density at radius 3 is 2.70 bits per heavy atom. The molecule has 3 aromatic rings. The Balaban J connectivity index is 1.60. The van der Waals surface area contributed by atoms with Crippen LogP contribution in [0.1, 0.15) is 31.0 Å². The molecule has 1 saturated heterocycles. The average Bonchev–Trinajstić information content (AvgIpc) is 3.54. The number of hydrogen-bond acceptors (Lipinski definition) is 6. The standard InChI is InChI=1S/C23H28N4O4S2/c1-3-31-21-9-5-4-8-18(21)13-24-33(29,30)19-12-20(23-25-17(2)16-32-23)27(14-19)15-22(28)26-10-6-7-11-26/h4-5,8-9,12,14,16,24H,3,6-7,10-11,13,15H2,1-2H3. The van der Waals surface area contributed by atoms with Crippen molar-refractivity contribution in [1.82, 2.24) is 19.2 Å². The van der Waals surface area contributed by atoms with Crippen LogP contribution in [0.4, 0.5) is 0 Å². The molecule has 1 aliphatic heterocycles. The van der Waals surface area contributed by atoms with Crippen LogP contribution >= 0.6 is 11.3 Å². The van der Waals surface area contributed by atoms with Crippen molar-refractivity contribution in [3.8, 4) is 16.5 Å². The molecule has 0 aliphatic carbocycles. The second kappa shape index (κ2) is 10.1. The van der Waals surface area contributed by atoms with Crippen molar-refractivity contribution in [2.75, 3.05) is 19.7 Å². The van der Waals surface area contributed by atoms with E-state index in [-0.39, 0.29) is 23.9 Å². The Labute approximate surface area is 198 Å². The molecule has 1 amide bonds. The van der Waals surface area contributed by atoms with Gasteiger partial charge < -0.3 is 14.2 Å². The minimum Gasteiger partial charge on any atom is -0.494 e. The summed E-state index contributed by atoms with van der Waals surface area (Å²) in [5, 5.41) is 2.59. The lowest BCUT2D eigenvalue weighted by atomic mass is 10.2. The number of thiazole rings is 1. The number of hydrogen-bond donors (Lipinski definition) is 1. The van der Waals surface area contributed by atoms with E-state index in [9.17, 15) is 13.2 Å². The first-order valence-corrected chi connectivity index (χ1v) is 13.3. The van der Waals surface area contributed by atoms with Gasteiger partial charge in [0.1, 0.15) is 22.2 Å². The summed E-state index contributed by atoms with van der Waals surface area (Å²) in [6, 6.07) is 8.93. The van der Waals surface area contributed by atoms with Crippen molar-refractivity contribution >= 4 is 27.3 Å². The molecule has 10 heteroatoms. The van der Waals surface area contributed by atoms with Gasteiger partial charge in [0.25, 0.3) is 0 Å². The number of carbonyl (C=O) groups excluding carboxylic acids is 1. The normalized spacial score (nSPS) is 14.1. The Bertz CT molecular complexity index is 1230. The fourth-order valence-corrected chi connectivity index (χ4v) is 5.70. The molecular formula is C23H28N4O4S2. The van der Waals surface area contributed by atoms with E-state index in [2.05, 4.69) is 9.71 Å². The molecule has 0 saturated carbocycles. The van der Waals surface area contributed by atoms with Gasteiger partial charge >= 0.3 is 0 Å². The lowest BCUT2D eigenvalue weighted by Gasteiger charge is -2.16. The highest BCUT2D eigenvalue weighted by Crippen LogP contribution is 2.28. The van der Waals surface area contributed by atoms with Gasteiger partial charge in [-0.25, -0.2) is 18.1 Å². The van der Waals surface area contributed by atoms with E-state index in [1.54, 1.807) is 10.6 Å². The van der Waals surface area contributed by atoms with Gasteiger partial charge in [0.2, 0.25) is 15.9 Å². The number of nitrogens with one attached hydrogen (secondary N) is 1. The molecule has 0 spiro atoms. The second-order valence-corrected chi connectivity index (χ2v) is 10.6. The quantitative estimate of drug-likeness (QED) is 0.498. The molecule has 4 rings (SSSR count). The van der Waals surface area contributed by atoms with Crippen molar-refractivity contribution in [2.45, 2.75) is 44.7 Å². The van der Waals surface area contributed by atoms with Gasteiger partial charge in [-0.3, -0.25) is 4.79 Å². The van der Waals surface area contributed by atoms with E-state index in [0.29, 0.717) is 23.1 Å². The maximum absolute atomic E-state index is 13.1. The Hall–Kier alpha value is -2.69. The highest BCUT2D eigenvalue weighted by molar-refractivity contribution is 7.89. The van der Waals surface area contributed by atoms with E-state index in [4.69, 9.17) is 4.74 Å². The number of aromatic nitrogens is 2. The van der Waals surface area contributed by atoms with Crippen LogP contribution in [0.3, 0.4) is 0 Å². The second-order valence-electron chi connectivity index (χ2n) is 7.94. The highest BCUT2D eigenvalue weighted by atomic mass is 32.2. The smallest absolute Gasteiger partial charge is 0.242 e. The zero-order chi connectivity index (χ0) is 23.4. The first kappa shape index (κ1) is 23.5. The summed E-state index contributed by atoms with van der Waals surface area (Å²) in [7, 11) is -3.82. The summed E-state index contributed by atoms with van der Waals surface area (Å²) in [5.41, 5.74) is 2.22. The SMILES string of the molecule is CCOc1ccccc1CNS(=O)(=O)c1cc(-c2nc(C)cs2)n(CC(=O)N2CCCC2)c1. The number of carbonyl (C=O) groups is 1. The van der Waals surface area contributed by atoms with Crippen LogP contribution in [0, 0.1) is 6.92 Å². The Morgan fingerprint density at radius 1 is 1.24 bits per heavy atom. The number of para-hydroxylation sites is 1.